The number of hydrogen-bond acceptors (Lipinski definition) is 6. The first-order valence-corrected chi connectivity index (χ1v) is 10.4. The minimum atomic E-state index is -5.61. The molecule has 0 N–H and O–H groups in total. The first kappa shape index (κ1) is 25.4. The summed E-state index contributed by atoms with van der Waals surface area (Å²) in [5.74, 6) is -6.75. The first-order chi connectivity index (χ1) is 15.1. The van der Waals surface area contributed by atoms with Gasteiger partial charge in [-0.2, -0.15) is 26.3 Å². The van der Waals surface area contributed by atoms with E-state index in [1.807, 2.05) is 0 Å². The van der Waals surface area contributed by atoms with Crippen molar-refractivity contribution in [2.75, 3.05) is 13.2 Å². The van der Waals surface area contributed by atoms with Gasteiger partial charge in [0.05, 0.1) is 5.41 Å². The van der Waals surface area contributed by atoms with Crippen LogP contribution in [0.4, 0.5) is 26.3 Å². The van der Waals surface area contributed by atoms with Crippen LogP contribution in [-0.4, -0.2) is 49.1 Å². The van der Waals surface area contributed by atoms with Gasteiger partial charge in [0.25, 0.3) is 0 Å². The topological polar surface area (TPSA) is 78.9 Å². The van der Waals surface area contributed by atoms with Gasteiger partial charge in [0.2, 0.25) is 0 Å². The molecule has 0 amide bonds. The van der Waals surface area contributed by atoms with Crippen molar-refractivity contribution in [3.8, 4) is 0 Å². The molecule has 186 valence electrons. The highest BCUT2D eigenvalue weighted by molar-refractivity contribution is 5.88. The van der Waals surface area contributed by atoms with Crippen molar-refractivity contribution < 1.29 is 54.9 Å². The third-order valence-corrected chi connectivity index (χ3v) is 6.61. The molecule has 4 aliphatic carbocycles. The fraction of sp³-hybridized carbons (Fsp3) is 0.762. The number of ether oxygens (including phenoxy) is 3. The Balaban J connectivity index is 1.69. The van der Waals surface area contributed by atoms with Crippen LogP contribution in [0.1, 0.15) is 45.4 Å². The summed E-state index contributed by atoms with van der Waals surface area (Å²) in [4.78, 5) is 36.5. The SMILES string of the molecule is C=C(C)C(=O)OCC(=O)OC12CC3CC(C1)CC(C(=O)OCC(C(F)(F)F)C(F)(F)F)(C3)C2. The van der Waals surface area contributed by atoms with Crippen LogP contribution < -0.4 is 0 Å². The van der Waals surface area contributed by atoms with Crippen LogP contribution in [0.15, 0.2) is 12.2 Å². The molecule has 4 saturated carbocycles. The average Bonchev–Trinajstić information content (AvgIpc) is 2.62. The molecule has 0 aromatic heterocycles. The Morgan fingerprint density at radius 3 is 2.00 bits per heavy atom. The Morgan fingerprint density at radius 1 is 0.970 bits per heavy atom. The zero-order chi connectivity index (χ0) is 24.8. The monoisotopic (exact) mass is 486 g/mol. The molecule has 0 aliphatic heterocycles. The second kappa shape index (κ2) is 8.50. The lowest BCUT2D eigenvalue weighted by atomic mass is 9.48. The van der Waals surface area contributed by atoms with Crippen LogP contribution in [0.25, 0.3) is 0 Å². The summed E-state index contributed by atoms with van der Waals surface area (Å²) in [5.41, 5.74) is -2.35. The van der Waals surface area contributed by atoms with Crippen LogP contribution in [0.3, 0.4) is 0 Å². The molecular weight excluding hydrogens is 462 g/mol. The maximum absolute atomic E-state index is 12.8. The molecule has 4 bridgehead atoms. The van der Waals surface area contributed by atoms with E-state index in [-0.39, 0.29) is 36.7 Å². The predicted octanol–water partition coefficient (Wildman–Crippen LogP) is 4.27. The summed E-state index contributed by atoms with van der Waals surface area (Å²) in [5, 5.41) is 0. The Labute approximate surface area is 185 Å². The molecule has 0 aromatic carbocycles. The van der Waals surface area contributed by atoms with Crippen molar-refractivity contribution in [3.05, 3.63) is 12.2 Å². The van der Waals surface area contributed by atoms with E-state index in [2.05, 4.69) is 11.3 Å². The fourth-order valence-corrected chi connectivity index (χ4v) is 5.74. The summed E-state index contributed by atoms with van der Waals surface area (Å²) >= 11 is 0. The molecule has 4 fully saturated rings. The van der Waals surface area contributed by atoms with Crippen molar-refractivity contribution in [2.45, 2.75) is 63.4 Å². The minimum Gasteiger partial charge on any atom is -0.464 e. The molecule has 2 unspecified atom stereocenters. The number of alkyl halides is 6. The lowest BCUT2D eigenvalue weighted by Crippen LogP contribution is -2.60. The van der Waals surface area contributed by atoms with Crippen LogP contribution in [-0.2, 0) is 28.6 Å². The molecule has 0 aromatic rings. The number of carbonyl (C=O) groups excluding carboxylic acids is 3. The van der Waals surface area contributed by atoms with Crippen molar-refractivity contribution in [2.24, 2.45) is 23.2 Å². The van der Waals surface area contributed by atoms with Gasteiger partial charge in [0.1, 0.15) is 12.2 Å². The van der Waals surface area contributed by atoms with Crippen LogP contribution in [0.5, 0.6) is 0 Å². The molecule has 6 nitrogen and oxygen atoms in total. The van der Waals surface area contributed by atoms with Crippen molar-refractivity contribution in [3.63, 3.8) is 0 Å². The largest absolute Gasteiger partial charge is 0.464 e. The van der Waals surface area contributed by atoms with Gasteiger partial charge in [-0.3, -0.25) is 4.79 Å². The molecule has 0 heterocycles. The van der Waals surface area contributed by atoms with Gasteiger partial charge in [0.15, 0.2) is 12.5 Å². The van der Waals surface area contributed by atoms with Gasteiger partial charge in [-0.05, 0) is 50.9 Å². The number of carbonyl (C=O) groups is 3. The van der Waals surface area contributed by atoms with E-state index in [9.17, 15) is 40.7 Å². The van der Waals surface area contributed by atoms with E-state index in [4.69, 9.17) is 9.47 Å². The van der Waals surface area contributed by atoms with Gasteiger partial charge in [-0.25, -0.2) is 9.59 Å². The Bertz CT molecular complexity index is 804. The van der Waals surface area contributed by atoms with Crippen LogP contribution >= 0.6 is 0 Å². The number of esters is 3. The molecule has 0 saturated heterocycles. The molecule has 12 heteroatoms. The van der Waals surface area contributed by atoms with Crippen molar-refractivity contribution in [1.29, 1.82) is 0 Å². The zero-order valence-corrected chi connectivity index (χ0v) is 17.8. The van der Waals surface area contributed by atoms with E-state index >= 15 is 0 Å². The summed E-state index contributed by atoms with van der Waals surface area (Å²) in [6.07, 6.45) is -9.26. The molecule has 4 aliphatic rings. The summed E-state index contributed by atoms with van der Waals surface area (Å²) in [6, 6.07) is 0. The fourth-order valence-electron chi connectivity index (χ4n) is 5.74. The van der Waals surface area contributed by atoms with Crippen molar-refractivity contribution >= 4 is 17.9 Å². The highest BCUT2D eigenvalue weighted by Gasteiger charge is 2.64. The average molecular weight is 486 g/mol. The van der Waals surface area contributed by atoms with E-state index < -0.39 is 60.4 Å². The molecule has 0 spiro atoms. The number of hydrogen-bond donors (Lipinski definition) is 0. The smallest absolute Gasteiger partial charge is 0.403 e. The molecule has 4 rings (SSSR count). The highest BCUT2D eigenvalue weighted by atomic mass is 19.4. The molecular formula is C21H24F6O6. The summed E-state index contributed by atoms with van der Waals surface area (Å²) in [6.45, 7) is 2.24. The second-order valence-corrected chi connectivity index (χ2v) is 9.49. The second-order valence-electron chi connectivity index (χ2n) is 9.49. The maximum Gasteiger partial charge on any atom is 0.403 e. The van der Waals surface area contributed by atoms with Gasteiger partial charge < -0.3 is 14.2 Å². The standard InChI is InChI=1S/C21H24F6O6/c1-11(2)16(29)31-9-15(28)33-19-6-12-3-13(7-19)5-18(4-12,10-19)17(30)32-8-14(20(22,23)24)21(25,26)27/h12-14H,1,3-10H2,2H3. The number of rotatable bonds is 7. The Kier molecular flexibility index (Phi) is 6.53. The van der Waals surface area contributed by atoms with Gasteiger partial charge in [-0.1, -0.05) is 6.58 Å². The van der Waals surface area contributed by atoms with E-state index in [0.717, 1.165) is 0 Å². The van der Waals surface area contributed by atoms with Gasteiger partial charge in [-0.15, -0.1) is 0 Å². The lowest BCUT2D eigenvalue weighted by molar-refractivity contribution is -0.294. The van der Waals surface area contributed by atoms with E-state index in [1.165, 1.54) is 6.92 Å². The normalized spacial score (nSPS) is 30.8. The Morgan fingerprint density at radius 2 is 1.52 bits per heavy atom. The minimum absolute atomic E-state index is 0.0608. The zero-order valence-electron chi connectivity index (χ0n) is 17.8. The van der Waals surface area contributed by atoms with E-state index in [1.54, 1.807) is 0 Å². The van der Waals surface area contributed by atoms with Gasteiger partial charge >= 0.3 is 30.3 Å². The predicted molar refractivity (Wildman–Crippen MR) is 98.3 cm³/mol. The third kappa shape index (κ3) is 5.46. The molecule has 2 atom stereocenters. The molecule has 0 radical (unpaired) electrons. The Hall–Kier alpha value is -2.27. The van der Waals surface area contributed by atoms with Crippen molar-refractivity contribution in [1.82, 2.24) is 0 Å². The third-order valence-electron chi connectivity index (χ3n) is 6.61. The maximum atomic E-state index is 12.8. The van der Waals surface area contributed by atoms with Crippen LogP contribution in [0.2, 0.25) is 0 Å². The quantitative estimate of drug-likeness (QED) is 0.232. The molecule has 33 heavy (non-hydrogen) atoms. The van der Waals surface area contributed by atoms with Crippen LogP contribution in [0, 0.1) is 23.2 Å². The number of halogens is 6. The summed E-state index contributed by atoms with van der Waals surface area (Å²) < 4.78 is 91.8. The van der Waals surface area contributed by atoms with E-state index in [0.29, 0.717) is 19.3 Å². The summed E-state index contributed by atoms with van der Waals surface area (Å²) in [7, 11) is 0. The van der Waals surface area contributed by atoms with Gasteiger partial charge in [0, 0.05) is 12.0 Å². The first-order valence-electron chi connectivity index (χ1n) is 10.4. The highest BCUT2D eigenvalue weighted by Crippen LogP contribution is 2.63. The lowest BCUT2D eigenvalue weighted by Gasteiger charge is -2.59.